The van der Waals surface area contributed by atoms with E-state index in [2.05, 4.69) is 52.9 Å². The quantitative estimate of drug-likeness (QED) is 0.550. The second-order valence-electron chi connectivity index (χ2n) is 6.88. The molecule has 2 heteroatoms. The number of allylic oxidation sites excluding steroid dienone is 6. The van der Waals surface area contributed by atoms with E-state index in [0.717, 1.165) is 42.2 Å². The van der Waals surface area contributed by atoms with Gasteiger partial charge in [-0.15, -0.1) is 0 Å². The van der Waals surface area contributed by atoms with Crippen LogP contribution in [0.5, 0.6) is 0 Å². The number of hydrogen-bond acceptors (Lipinski definition) is 1. The van der Waals surface area contributed by atoms with Crippen molar-refractivity contribution in [2.24, 2.45) is 5.41 Å². The number of halogens is 1. The van der Waals surface area contributed by atoms with Crippen molar-refractivity contribution in [1.29, 1.82) is 0 Å². The van der Waals surface area contributed by atoms with Gasteiger partial charge in [0.15, 0.2) is 0 Å². The molecule has 0 unspecified atom stereocenters. The third kappa shape index (κ3) is 4.05. The molecule has 1 nitrogen and oxygen atoms in total. The van der Waals surface area contributed by atoms with E-state index in [-0.39, 0.29) is 5.41 Å². The van der Waals surface area contributed by atoms with E-state index in [9.17, 15) is 4.79 Å². The van der Waals surface area contributed by atoms with Gasteiger partial charge in [0.25, 0.3) is 0 Å². The molecule has 0 amide bonds. The number of rotatable bonds is 1. The molecule has 0 radical (unpaired) electrons. The Labute approximate surface area is 153 Å². The largest absolute Gasteiger partial charge is 0.299 e. The highest BCUT2D eigenvalue weighted by molar-refractivity contribution is 9.11. The smallest absolute Gasteiger partial charge is 0.143 e. The Morgan fingerprint density at radius 2 is 1.79 bits per heavy atom. The minimum atomic E-state index is -0.233. The van der Waals surface area contributed by atoms with E-state index >= 15 is 0 Å². The molecule has 0 aromatic heterocycles. The van der Waals surface area contributed by atoms with Crippen molar-refractivity contribution in [2.75, 3.05) is 0 Å². The van der Waals surface area contributed by atoms with Crippen molar-refractivity contribution in [2.45, 2.75) is 38.5 Å². The lowest BCUT2D eigenvalue weighted by molar-refractivity contribution is -0.129. The summed E-state index contributed by atoms with van der Waals surface area (Å²) in [5, 5.41) is 0. The molecule has 1 fully saturated rings. The Morgan fingerprint density at radius 1 is 1.08 bits per heavy atom. The Kier molecular flexibility index (Phi) is 5.35. The molecular formula is C22H23BrO. The number of carbonyl (C=O) groups is 1. The normalized spacial score (nSPS) is 28.5. The van der Waals surface area contributed by atoms with Crippen LogP contribution in [0.1, 0.15) is 44.1 Å². The first-order valence-corrected chi connectivity index (χ1v) is 9.36. The summed E-state index contributed by atoms with van der Waals surface area (Å²) in [6, 6.07) is 10.5. The topological polar surface area (TPSA) is 17.1 Å². The first kappa shape index (κ1) is 17.2. The van der Waals surface area contributed by atoms with E-state index in [4.69, 9.17) is 0 Å². The van der Waals surface area contributed by atoms with Gasteiger partial charge in [0.1, 0.15) is 5.78 Å². The zero-order valence-electron chi connectivity index (χ0n) is 13.9. The van der Waals surface area contributed by atoms with Gasteiger partial charge in [-0.1, -0.05) is 82.2 Å². The van der Waals surface area contributed by atoms with Crippen molar-refractivity contribution >= 4 is 27.8 Å². The summed E-state index contributed by atoms with van der Waals surface area (Å²) in [6.07, 6.45) is 13.5. The molecule has 0 saturated heterocycles. The lowest BCUT2D eigenvalue weighted by Gasteiger charge is -2.37. The van der Waals surface area contributed by atoms with Crippen LogP contribution >= 0.6 is 15.9 Å². The Bertz CT molecular complexity index is 712. The first-order chi connectivity index (χ1) is 11.6. The zero-order chi connectivity index (χ0) is 17.0. The van der Waals surface area contributed by atoms with Crippen LogP contribution in [0.25, 0.3) is 6.08 Å². The Balaban J connectivity index is 1.77. The molecule has 3 rings (SSSR count). The van der Waals surface area contributed by atoms with Crippen LogP contribution in [0.4, 0.5) is 0 Å². The number of benzene rings is 1. The van der Waals surface area contributed by atoms with E-state index in [1.165, 1.54) is 11.1 Å². The van der Waals surface area contributed by atoms with Gasteiger partial charge in [-0.25, -0.2) is 0 Å². The molecule has 0 heterocycles. The van der Waals surface area contributed by atoms with Gasteiger partial charge >= 0.3 is 0 Å². The van der Waals surface area contributed by atoms with Crippen molar-refractivity contribution in [3.8, 4) is 0 Å². The minimum absolute atomic E-state index is 0.233. The van der Waals surface area contributed by atoms with Crippen molar-refractivity contribution in [3.05, 3.63) is 76.3 Å². The predicted molar refractivity (Wildman–Crippen MR) is 105 cm³/mol. The van der Waals surface area contributed by atoms with Crippen LogP contribution in [-0.4, -0.2) is 5.78 Å². The molecule has 1 spiro atoms. The summed E-state index contributed by atoms with van der Waals surface area (Å²) in [6.45, 7) is 4.16. The highest BCUT2D eigenvalue weighted by atomic mass is 79.9. The highest BCUT2D eigenvalue weighted by Gasteiger charge is 2.39. The monoisotopic (exact) mass is 382 g/mol. The van der Waals surface area contributed by atoms with Gasteiger partial charge in [-0.3, -0.25) is 4.79 Å². The summed E-state index contributed by atoms with van der Waals surface area (Å²) >= 11 is 3.49. The van der Waals surface area contributed by atoms with Crippen molar-refractivity contribution in [1.82, 2.24) is 0 Å². The number of ketones is 1. The van der Waals surface area contributed by atoms with Gasteiger partial charge in [0.05, 0.1) is 0 Å². The molecule has 1 aromatic carbocycles. The molecular weight excluding hydrogens is 360 g/mol. The van der Waals surface area contributed by atoms with Crippen molar-refractivity contribution in [3.63, 3.8) is 0 Å². The average molecular weight is 383 g/mol. The lowest BCUT2D eigenvalue weighted by Crippen LogP contribution is -2.34. The lowest BCUT2D eigenvalue weighted by atomic mass is 9.66. The van der Waals surface area contributed by atoms with Crippen LogP contribution in [0.2, 0.25) is 0 Å². The number of hydrogen-bond donors (Lipinski definition) is 0. The summed E-state index contributed by atoms with van der Waals surface area (Å²) in [5.74, 6) is 0.364. The highest BCUT2D eigenvalue weighted by Crippen LogP contribution is 2.45. The first-order valence-electron chi connectivity index (χ1n) is 8.57. The standard InChI is InChI=1S/C22H23BrO/c1-17-7-8-20(23)9-10-21(24)22(16-17)13-11-19(12-14-22)15-18-5-3-2-4-6-18/h2-9,15H,1,10-14,16H2/b8-7-,19-15?,20-9+. The number of carbonyl (C=O) groups excluding carboxylic acids is 1. The molecule has 2 aliphatic rings. The molecule has 124 valence electrons. The van der Waals surface area contributed by atoms with Crippen molar-refractivity contribution < 1.29 is 4.79 Å². The van der Waals surface area contributed by atoms with Crippen LogP contribution in [0, 0.1) is 5.41 Å². The molecule has 0 N–H and O–H groups in total. The minimum Gasteiger partial charge on any atom is -0.299 e. The van der Waals surface area contributed by atoms with Gasteiger partial charge in [0, 0.05) is 16.3 Å². The van der Waals surface area contributed by atoms with Gasteiger partial charge in [-0.2, -0.15) is 0 Å². The fourth-order valence-electron chi connectivity index (χ4n) is 3.70. The molecule has 0 aliphatic heterocycles. The molecule has 2 aliphatic carbocycles. The van der Waals surface area contributed by atoms with E-state index < -0.39 is 0 Å². The van der Waals surface area contributed by atoms with Gasteiger partial charge < -0.3 is 0 Å². The van der Waals surface area contributed by atoms with E-state index in [1.807, 2.05) is 24.3 Å². The molecule has 1 aromatic rings. The molecule has 24 heavy (non-hydrogen) atoms. The summed E-state index contributed by atoms with van der Waals surface area (Å²) < 4.78 is 0.967. The fraction of sp³-hybridized carbons (Fsp3) is 0.318. The van der Waals surface area contributed by atoms with Gasteiger partial charge in [-0.05, 0) is 43.7 Å². The van der Waals surface area contributed by atoms with E-state index in [1.54, 1.807) is 0 Å². The second kappa shape index (κ2) is 7.48. The molecule has 0 bridgehead atoms. The predicted octanol–water partition coefficient (Wildman–Crippen LogP) is 6.38. The molecule has 1 saturated carbocycles. The maximum atomic E-state index is 12.9. The zero-order valence-corrected chi connectivity index (χ0v) is 15.5. The van der Waals surface area contributed by atoms with Crippen LogP contribution in [0.15, 0.2) is 70.8 Å². The third-order valence-corrected chi connectivity index (χ3v) is 5.73. The Morgan fingerprint density at radius 3 is 2.50 bits per heavy atom. The summed E-state index contributed by atoms with van der Waals surface area (Å²) in [7, 11) is 0. The number of Topliss-reactive ketones (excluding diaryl/α,β-unsaturated/α-hetero) is 1. The van der Waals surface area contributed by atoms with Crippen LogP contribution in [0.3, 0.4) is 0 Å². The SMILES string of the molecule is C=C1/C=C\C(Br)=C/CC(=O)C2(CCC(=Cc3ccccc3)CC2)C1. The average Bonchev–Trinajstić information content (AvgIpc) is 2.64. The van der Waals surface area contributed by atoms with E-state index in [0.29, 0.717) is 12.2 Å². The maximum Gasteiger partial charge on any atom is 0.143 e. The Hall–Kier alpha value is -1.67. The summed E-state index contributed by atoms with van der Waals surface area (Å²) in [4.78, 5) is 12.9. The maximum absolute atomic E-state index is 12.9. The second-order valence-corrected chi connectivity index (χ2v) is 7.79. The van der Waals surface area contributed by atoms with Gasteiger partial charge in [0.2, 0.25) is 0 Å². The third-order valence-electron chi connectivity index (χ3n) is 5.14. The van der Waals surface area contributed by atoms with Crippen LogP contribution in [-0.2, 0) is 4.79 Å². The molecule has 0 atom stereocenters. The van der Waals surface area contributed by atoms with Crippen LogP contribution < -0.4 is 0 Å². The summed E-state index contributed by atoms with van der Waals surface area (Å²) in [5.41, 5.74) is 3.52. The fourth-order valence-corrected chi connectivity index (χ4v) is 3.99.